The molecule has 21 heavy (non-hydrogen) atoms. The van der Waals surface area contributed by atoms with E-state index in [1.807, 2.05) is 11.9 Å². The minimum atomic E-state index is -0.238. The lowest BCUT2D eigenvalue weighted by Gasteiger charge is -2.27. The molecule has 112 valence electrons. The molecule has 2 aromatic rings. The van der Waals surface area contributed by atoms with Gasteiger partial charge in [0.2, 0.25) is 5.95 Å². The summed E-state index contributed by atoms with van der Waals surface area (Å²) in [6.45, 7) is 0. The van der Waals surface area contributed by atoms with Gasteiger partial charge in [-0.05, 0) is 49.3 Å². The highest BCUT2D eigenvalue weighted by Gasteiger charge is 2.22. The molecular formula is C15H19FN4S. The predicted octanol–water partition coefficient (Wildman–Crippen LogP) is 4.35. The molecule has 1 aliphatic carbocycles. The molecule has 0 radical (unpaired) electrons. The van der Waals surface area contributed by atoms with Crippen molar-refractivity contribution >= 4 is 23.9 Å². The zero-order valence-corrected chi connectivity index (χ0v) is 12.9. The fraction of sp³-hybridized carbons (Fsp3) is 0.467. The first-order valence-electron chi connectivity index (χ1n) is 7.33. The molecule has 0 atom stereocenters. The molecule has 1 aromatic carbocycles. The number of nitrogens with zero attached hydrogens (tertiary/aromatic N) is 3. The van der Waals surface area contributed by atoms with Crippen LogP contribution in [0.15, 0.2) is 24.3 Å². The molecule has 0 spiro atoms. The lowest BCUT2D eigenvalue weighted by molar-refractivity contribution is 0.351. The number of aromatic nitrogens is 3. The molecule has 0 saturated heterocycles. The van der Waals surface area contributed by atoms with Gasteiger partial charge in [-0.1, -0.05) is 19.3 Å². The molecule has 3 rings (SSSR count). The van der Waals surface area contributed by atoms with E-state index >= 15 is 0 Å². The van der Waals surface area contributed by atoms with E-state index in [9.17, 15) is 4.39 Å². The molecule has 1 heterocycles. The minimum Gasteiger partial charge on any atom is -0.314 e. The van der Waals surface area contributed by atoms with Gasteiger partial charge < -0.3 is 4.90 Å². The molecular weight excluding hydrogens is 287 g/mol. The van der Waals surface area contributed by atoms with E-state index in [0.717, 1.165) is 24.5 Å². The fourth-order valence-corrected chi connectivity index (χ4v) is 3.26. The summed E-state index contributed by atoms with van der Waals surface area (Å²) in [5, 5.41) is 7.26. The molecule has 1 N–H and O–H groups in total. The predicted molar refractivity (Wildman–Crippen MR) is 84.0 cm³/mol. The Morgan fingerprint density at radius 3 is 2.57 bits per heavy atom. The van der Waals surface area contributed by atoms with Crippen molar-refractivity contribution in [3.8, 4) is 0 Å². The fourth-order valence-electron chi connectivity index (χ4n) is 2.98. The quantitative estimate of drug-likeness (QED) is 0.856. The third-order valence-corrected chi connectivity index (χ3v) is 4.43. The van der Waals surface area contributed by atoms with Crippen molar-refractivity contribution in [3.05, 3.63) is 34.9 Å². The van der Waals surface area contributed by atoms with Crippen LogP contribution in [-0.2, 0) is 0 Å². The number of nitrogens with one attached hydrogen (secondary N) is 1. The molecule has 0 aliphatic heterocycles. The molecule has 1 fully saturated rings. The topological polar surface area (TPSA) is 36.9 Å². The Hall–Kier alpha value is -1.69. The number of halogens is 1. The normalized spacial score (nSPS) is 16.1. The van der Waals surface area contributed by atoms with Gasteiger partial charge >= 0.3 is 0 Å². The van der Waals surface area contributed by atoms with E-state index < -0.39 is 0 Å². The molecule has 1 aromatic heterocycles. The van der Waals surface area contributed by atoms with Crippen LogP contribution in [0.5, 0.6) is 0 Å². The molecule has 0 amide bonds. The Morgan fingerprint density at radius 2 is 1.90 bits per heavy atom. The summed E-state index contributed by atoms with van der Waals surface area (Å²) in [5.41, 5.74) is 0.891. The van der Waals surface area contributed by atoms with E-state index in [0.29, 0.717) is 10.8 Å². The highest BCUT2D eigenvalue weighted by molar-refractivity contribution is 7.71. The van der Waals surface area contributed by atoms with Crippen molar-refractivity contribution in [2.75, 3.05) is 11.9 Å². The summed E-state index contributed by atoms with van der Waals surface area (Å²) < 4.78 is 15.8. The Morgan fingerprint density at radius 1 is 1.24 bits per heavy atom. The van der Waals surface area contributed by atoms with Crippen LogP contribution in [0, 0.1) is 10.6 Å². The summed E-state index contributed by atoms with van der Waals surface area (Å²) in [4.78, 5) is 1.94. The molecule has 6 heteroatoms. The maximum Gasteiger partial charge on any atom is 0.230 e. The lowest BCUT2D eigenvalue weighted by atomic mass is 9.95. The zero-order chi connectivity index (χ0) is 14.8. The van der Waals surface area contributed by atoms with Crippen molar-refractivity contribution in [1.82, 2.24) is 14.8 Å². The Bertz CT molecular complexity index is 655. The van der Waals surface area contributed by atoms with E-state index in [-0.39, 0.29) is 5.82 Å². The third-order valence-electron chi connectivity index (χ3n) is 4.14. The van der Waals surface area contributed by atoms with Crippen LogP contribution in [0.2, 0.25) is 0 Å². The van der Waals surface area contributed by atoms with Crippen LogP contribution in [0.3, 0.4) is 0 Å². The summed E-state index contributed by atoms with van der Waals surface area (Å²) in [6, 6.07) is 6.81. The highest BCUT2D eigenvalue weighted by atomic mass is 32.1. The van der Waals surface area contributed by atoms with E-state index in [1.54, 1.807) is 12.1 Å². The van der Waals surface area contributed by atoms with Crippen LogP contribution in [-0.4, -0.2) is 21.8 Å². The van der Waals surface area contributed by atoms with Crippen LogP contribution < -0.4 is 4.90 Å². The van der Waals surface area contributed by atoms with E-state index in [2.05, 4.69) is 14.8 Å². The summed E-state index contributed by atoms with van der Waals surface area (Å²) in [5.74, 6) is 0.553. The summed E-state index contributed by atoms with van der Waals surface area (Å²) >= 11 is 5.40. The number of aromatic amines is 1. The van der Waals surface area contributed by atoms with Gasteiger partial charge in [0.1, 0.15) is 5.82 Å². The number of hydrogen-bond acceptors (Lipinski definition) is 3. The Balaban J connectivity index is 1.94. The van der Waals surface area contributed by atoms with Gasteiger partial charge in [-0.25, -0.2) is 9.49 Å². The highest BCUT2D eigenvalue weighted by Crippen LogP contribution is 2.32. The van der Waals surface area contributed by atoms with Gasteiger partial charge in [0.25, 0.3) is 0 Å². The number of rotatable bonds is 3. The van der Waals surface area contributed by atoms with E-state index in [1.165, 1.54) is 31.4 Å². The summed E-state index contributed by atoms with van der Waals surface area (Å²) in [6.07, 6.45) is 6.04. The van der Waals surface area contributed by atoms with Crippen LogP contribution in [0.1, 0.15) is 38.1 Å². The van der Waals surface area contributed by atoms with Gasteiger partial charge in [0.05, 0.1) is 0 Å². The second-order valence-electron chi connectivity index (χ2n) is 5.53. The molecule has 0 bridgehead atoms. The Kier molecular flexibility index (Phi) is 4.05. The van der Waals surface area contributed by atoms with Crippen molar-refractivity contribution in [1.29, 1.82) is 0 Å². The molecule has 1 saturated carbocycles. The number of H-pyrrole nitrogens is 1. The van der Waals surface area contributed by atoms with Crippen molar-refractivity contribution < 1.29 is 4.39 Å². The first kappa shape index (κ1) is 14.3. The first-order chi connectivity index (χ1) is 10.2. The second-order valence-corrected chi connectivity index (χ2v) is 5.91. The molecule has 0 unspecified atom stereocenters. The maximum absolute atomic E-state index is 13.1. The average Bonchev–Trinajstić information content (AvgIpc) is 2.90. The first-order valence-corrected chi connectivity index (χ1v) is 7.74. The van der Waals surface area contributed by atoms with Crippen molar-refractivity contribution in [3.63, 3.8) is 0 Å². The van der Waals surface area contributed by atoms with Crippen LogP contribution in [0.25, 0.3) is 0 Å². The lowest BCUT2D eigenvalue weighted by Crippen LogP contribution is -2.20. The SMILES string of the molecule is CN(c1ccc(F)cc1)c1n[nH]c(=S)n1C1CCCCC1. The molecule has 1 aliphatic rings. The third kappa shape index (κ3) is 2.85. The Labute approximate surface area is 128 Å². The average molecular weight is 306 g/mol. The minimum absolute atomic E-state index is 0.238. The largest absolute Gasteiger partial charge is 0.314 e. The number of anilines is 2. The number of benzene rings is 1. The smallest absolute Gasteiger partial charge is 0.230 e. The van der Waals surface area contributed by atoms with Gasteiger partial charge in [0.15, 0.2) is 4.77 Å². The van der Waals surface area contributed by atoms with Crippen LogP contribution >= 0.6 is 12.2 Å². The second kappa shape index (κ2) is 5.97. The standard InChI is InChI=1S/C15H19FN4S/c1-19(12-9-7-11(16)8-10-12)14-17-18-15(21)20(14)13-5-3-2-4-6-13/h7-10,13H,2-6H2,1H3,(H,18,21). The van der Waals surface area contributed by atoms with Gasteiger partial charge in [-0.2, -0.15) is 0 Å². The maximum atomic E-state index is 13.1. The van der Waals surface area contributed by atoms with Crippen molar-refractivity contribution in [2.45, 2.75) is 38.1 Å². The van der Waals surface area contributed by atoms with Crippen molar-refractivity contribution in [2.24, 2.45) is 0 Å². The number of hydrogen-bond donors (Lipinski definition) is 1. The summed E-state index contributed by atoms with van der Waals surface area (Å²) in [7, 11) is 1.93. The van der Waals surface area contributed by atoms with Gasteiger partial charge in [-0.15, -0.1) is 5.10 Å². The van der Waals surface area contributed by atoms with Gasteiger partial charge in [0, 0.05) is 18.8 Å². The zero-order valence-electron chi connectivity index (χ0n) is 12.1. The van der Waals surface area contributed by atoms with Crippen LogP contribution in [0.4, 0.5) is 16.0 Å². The monoisotopic (exact) mass is 306 g/mol. The van der Waals surface area contributed by atoms with Gasteiger partial charge in [-0.3, -0.25) is 4.57 Å². The van der Waals surface area contributed by atoms with E-state index in [4.69, 9.17) is 12.2 Å². The molecule has 4 nitrogen and oxygen atoms in total.